The largest absolute Gasteiger partial charge is 0.370 e. The predicted octanol–water partition coefficient (Wildman–Crippen LogP) is 3.12. The normalized spacial score (nSPS) is 12.0. The Morgan fingerprint density at radius 1 is 1.50 bits per heavy atom. The molecule has 0 fully saturated rings. The van der Waals surface area contributed by atoms with Crippen LogP contribution in [-0.2, 0) is 0 Å². The van der Waals surface area contributed by atoms with Crippen LogP contribution in [0.4, 0.5) is 5.82 Å². The first-order chi connectivity index (χ1) is 9.60. The fourth-order valence-electron chi connectivity index (χ4n) is 1.77. The summed E-state index contributed by atoms with van der Waals surface area (Å²) in [6.07, 6.45) is 4.11. The number of thioether (sulfide) groups is 1. The maximum absolute atomic E-state index is 12.4. The molecule has 1 unspecified atom stereocenters. The lowest BCUT2D eigenvalue weighted by Crippen LogP contribution is -2.36. The molecule has 0 saturated carbocycles. The molecule has 1 rings (SSSR count). The summed E-state index contributed by atoms with van der Waals surface area (Å²) in [6, 6.07) is 5.77. The standard InChI is InChI=1S/C15H25N3OS/c1-5-10-16-14-8-6-7-13(17-14)15(19)18(3)12(2)9-11-20-4/h6-8,12H,5,9-11H2,1-4H3,(H,16,17). The van der Waals surface area contributed by atoms with Crippen molar-refractivity contribution >= 4 is 23.5 Å². The van der Waals surface area contributed by atoms with Crippen molar-refractivity contribution in [3.63, 3.8) is 0 Å². The van der Waals surface area contributed by atoms with Crippen molar-refractivity contribution < 1.29 is 4.79 Å². The van der Waals surface area contributed by atoms with Crippen molar-refractivity contribution in [1.82, 2.24) is 9.88 Å². The molecule has 5 heteroatoms. The van der Waals surface area contributed by atoms with Gasteiger partial charge in [-0.15, -0.1) is 0 Å². The van der Waals surface area contributed by atoms with Crippen molar-refractivity contribution in [2.45, 2.75) is 32.7 Å². The maximum Gasteiger partial charge on any atom is 0.272 e. The number of carbonyl (C=O) groups excluding carboxylic acids is 1. The van der Waals surface area contributed by atoms with E-state index in [9.17, 15) is 4.79 Å². The molecular weight excluding hydrogens is 270 g/mol. The summed E-state index contributed by atoms with van der Waals surface area (Å²) in [5, 5.41) is 3.21. The molecule has 1 N–H and O–H groups in total. The van der Waals surface area contributed by atoms with Crippen molar-refractivity contribution in [3.8, 4) is 0 Å². The quantitative estimate of drug-likeness (QED) is 0.800. The Labute approximate surface area is 126 Å². The van der Waals surface area contributed by atoms with Gasteiger partial charge < -0.3 is 10.2 Å². The van der Waals surface area contributed by atoms with Gasteiger partial charge in [-0.05, 0) is 43.9 Å². The lowest BCUT2D eigenvalue weighted by Gasteiger charge is -2.24. The number of rotatable bonds is 8. The first kappa shape index (κ1) is 16.8. The molecule has 0 aliphatic rings. The van der Waals surface area contributed by atoms with Crippen molar-refractivity contribution in [3.05, 3.63) is 23.9 Å². The molecule has 1 atom stereocenters. The lowest BCUT2D eigenvalue weighted by molar-refractivity contribution is 0.0735. The molecule has 0 radical (unpaired) electrons. The summed E-state index contributed by atoms with van der Waals surface area (Å²) in [5.74, 6) is 1.81. The van der Waals surface area contributed by atoms with Crippen LogP contribution in [0.2, 0.25) is 0 Å². The molecule has 0 saturated heterocycles. The van der Waals surface area contributed by atoms with Gasteiger partial charge in [-0.2, -0.15) is 11.8 Å². The van der Waals surface area contributed by atoms with E-state index in [1.54, 1.807) is 22.7 Å². The number of hydrogen-bond donors (Lipinski definition) is 1. The fourth-order valence-corrected chi connectivity index (χ4v) is 2.35. The van der Waals surface area contributed by atoms with Crippen molar-refractivity contribution in [1.29, 1.82) is 0 Å². The number of nitrogens with zero attached hydrogens (tertiary/aromatic N) is 2. The van der Waals surface area contributed by atoms with Crippen LogP contribution in [0.15, 0.2) is 18.2 Å². The van der Waals surface area contributed by atoms with Gasteiger partial charge in [0.05, 0.1) is 0 Å². The summed E-state index contributed by atoms with van der Waals surface area (Å²) >= 11 is 1.80. The van der Waals surface area contributed by atoms with Crippen molar-refractivity contribution in [2.24, 2.45) is 0 Å². The van der Waals surface area contributed by atoms with E-state index in [-0.39, 0.29) is 11.9 Å². The zero-order valence-corrected chi connectivity index (χ0v) is 13.7. The van der Waals surface area contributed by atoms with Crippen LogP contribution >= 0.6 is 11.8 Å². The molecule has 0 aromatic carbocycles. The number of amides is 1. The summed E-state index contributed by atoms with van der Waals surface area (Å²) in [7, 11) is 1.85. The molecule has 0 spiro atoms. The molecule has 1 heterocycles. The fraction of sp³-hybridized carbons (Fsp3) is 0.600. The van der Waals surface area contributed by atoms with Crippen LogP contribution in [-0.4, -0.2) is 47.4 Å². The van der Waals surface area contributed by atoms with E-state index in [2.05, 4.69) is 30.4 Å². The highest BCUT2D eigenvalue weighted by Crippen LogP contribution is 2.11. The van der Waals surface area contributed by atoms with Crippen molar-refractivity contribution in [2.75, 3.05) is 30.9 Å². The third kappa shape index (κ3) is 5.04. The van der Waals surface area contributed by atoms with Gasteiger partial charge in [0.15, 0.2) is 0 Å². The second kappa shape index (κ2) is 8.84. The molecular formula is C15H25N3OS. The van der Waals surface area contributed by atoms with Gasteiger partial charge in [0.2, 0.25) is 0 Å². The molecule has 1 aromatic rings. The van der Waals surface area contributed by atoms with Gasteiger partial charge in [0, 0.05) is 19.6 Å². The second-order valence-electron chi connectivity index (χ2n) is 4.88. The molecule has 0 aliphatic carbocycles. The average molecular weight is 295 g/mol. The minimum atomic E-state index is -0.0150. The van der Waals surface area contributed by atoms with Gasteiger partial charge >= 0.3 is 0 Å². The summed E-state index contributed by atoms with van der Waals surface area (Å²) in [6.45, 7) is 5.04. The topological polar surface area (TPSA) is 45.2 Å². The zero-order chi connectivity index (χ0) is 15.0. The number of anilines is 1. The van der Waals surface area contributed by atoms with Gasteiger partial charge in [-0.1, -0.05) is 13.0 Å². The third-order valence-corrected chi connectivity index (χ3v) is 3.89. The lowest BCUT2D eigenvalue weighted by atomic mass is 10.2. The van der Waals surface area contributed by atoms with Gasteiger partial charge in [0.25, 0.3) is 5.91 Å². The maximum atomic E-state index is 12.4. The SMILES string of the molecule is CCCNc1cccc(C(=O)N(C)C(C)CCSC)n1. The van der Waals surface area contributed by atoms with E-state index < -0.39 is 0 Å². The van der Waals surface area contributed by atoms with Crippen LogP contribution in [0.25, 0.3) is 0 Å². The summed E-state index contributed by atoms with van der Waals surface area (Å²) < 4.78 is 0. The summed E-state index contributed by atoms with van der Waals surface area (Å²) in [4.78, 5) is 18.6. The Morgan fingerprint density at radius 2 is 2.25 bits per heavy atom. The number of hydrogen-bond acceptors (Lipinski definition) is 4. The predicted molar refractivity (Wildman–Crippen MR) is 87.6 cm³/mol. The highest BCUT2D eigenvalue weighted by molar-refractivity contribution is 7.98. The van der Waals surface area contributed by atoms with E-state index in [4.69, 9.17) is 0 Å². The molecule has 0 aliphatic heterocycles. The Morgan fingerprint density at radius 3 is 2.90 bits per heavy atom. The van der Waals surface area contributed by atoms with E-state index in [0.29, 0.717) is 5.69 Å². The molecule has 0 bridgehead atoms. The van der Waals surface area contributed by atoms with Crippen LogP contribution in [0.3, 0.4) is 0 Å². The van der Waals surface area contributed by atoms with Crippen LogP contribution in [0.5, 0.6) is 0 Å². The van der Waals surface area contributed by atoms with Crippen LogP contribution < -0.4 is 5.32 Å². The first-order valence-corrected chi connectivity index (χ1v) is 8.46. The van der Waals surface area contributed by atoms with Gasteiger partial charge in [-0.3, -0.25) is 4.79 Å². The second-order valence-corrected chi connectivity index (χ2v) is 5.87. The minimum absolute atomic E-state index is 0.0150. The molecule has 20 heavy (non-hydrogen) atoms. The number of aromatic nitrogens is 1. The van der Waals surface area contributed by atoms with E-state index in [1.165, 1.54) is 0 Å². The Kier molecular flexibility index (Phi) is 7.44. The Bertz CT molecular complexity index is 425. The van der Waals surface area contributed by atoms with Crippen LogP contribution in [0.1, 0.15) is 37.2 Å². The van der Waals surface area contributed by atoms with Gasteiger partial charge in [0.1, 0.15) is 11.5 Å². The Hall–Kier alpha value is -1.23. The molecule has 4 nitrogen and oxygen atoms in total. The number of nitrogens with one attached hydrogen (secondary N) is 1. The monoisotopic (exact) mass is 295 g/mol. The van der Waals surface area contributed by atoms with E-state index in [0.717, 1.165) is 31.0 Å². The minimum Gasteiger partial charge on any atom is -0.370 e. The number of pyridine rings is 1. The molecule has 112 valence electrons. The highest BCUT2D eigenvalue weighted by atomic mass is 32.2. The van der Waals surface area contributed by atoms with E-state index in [1.807, 2.05) is 19.2 Å². The number of carbonyl (C=O) groups is 1. The third-order valence-electron chi connectivity index (χ3n) is 3.25. The summed E-state index contributed by atoms with van der Waals surface area (Å²) in [5.41, 5.74) is 0.504. The first-order valence-electron chi connectivity index (χ1n) is 7.07. The van der Waals surface area contributed by atoms with Gasteiger partial charge in [-0.25, -0.2) is 4.98 Å². The highest BCUT2D eigenvalue weighted by Gasteiger charge is 2.18. The molecule has 1 amide bonds. The van der Waals surface area contributed by atoms with E-state index >= 15 is 0 Å². The van der Waals surface area contributed by atoms with Crippen LogP contribution in [0, 0.1) is 0 Å². The Balaban J connectivity index is 2.70. The molecule has 1 aromatic heterocycles. The smallest absolute Gasteiger partial charge is 0.272 e. The zero-order valence-electron chi connectivity index (χ0n) is 12.8. The average Bonchev–Trinajstić information content (AvgIpc) is 2.49.